The van der Waals surface area contributed by atoms with E-state index >= 15 is 0 Å². The average molecular weight is 259 g/mol. The second kappa shape index (κ2) is 5.67. The summed E-state index contributed by atoms with van der Waals surface area (Å²) < 4.78 is 35.8. The summed E-state index contributed by atoms with van der Waals surface area (Å²) in [5, 5.41) is 3.66. The molecule has 0 fully saturated rings. The Balaban J connectivity index is 2.07. The first kappa shape index (κ1) is 12.7. The Hall–Kier alpha value is -0.330. The van der Waals surface area contributed by atoms with Crippen LogP contribution in [0.2, 0.25) is 4.34 Å². The highest BCUT2D eigenvalue weighted by Crippen LogP contribution is 2.21. The molecule has 0 amide bonds. The zero-order chi connectivity index (χ0) is 11.3. The molecule has 1 N–H and O–H groups in total. The lowest BCUT2D eigenvalue weighted by molar-refractivity contribution is -0.135. The van der Waals surface area contributed by atoms with Gasteiger partial charge in [-0.15, -0.1) is 11.3 Å². The fourth-order valence-electron chi connectivity index (χ4n) is 0.979. The van der Waals surface area contributed by atoms with E-state index in [2.05, 4.69) is 10.3 Å². The minimum atomic E-state index is -4.06. The van der Waals surface area contributed by atoms with Crippen LogP contribution in [0.1, 0.15) is 17.8 Å². The average Bonchev–Trinajstić information content (AvgIpc) is 2.49. The molecule has 86 valence electrons. The molecule has 0 unspecified atom stereocenters. The van der Waals surface area contributed by atoms with E-state index < -0.39 is 12.6 Å². The van der Waals surface area contributed by atoms with Crippen LogP contribution < -0.4 is 5.32 Å². The second-order valence-corrected chi connectivity index (χ2v) is 4.70. The Labute approximate surface area is 94.5 Å². The van der Waals surface area contributed by atoms with Crippen molar-refractivity contribution in [2.75, 3.05) is 6.54 Å². The summed E-state index contributed by atoms with van der Waals surface area (Å²) in [6, 6.07) is 0. The summed E-state index contributed by atoms with van der Waals surface area (Å²) in [6.45, 7) is 0.798. The first-order valence-corrected chi connectivity index (χ1v) is 5.54. The first-order chi connectivity index (χ1) is 6.97. The largest absolute Gasteiger partial charge is 0.389 e. The summed E-state index contributed by atoms with van der Waals surface area (Å²) in [6.07, 6.45) is -3.20. The maximum absolute atomic E-state index is 11.8. The molecule has 15 heavy (non-hydrogen) atoms. The molecule has 0 saturated carbocycles. The molecule has 1 rings (SSSR count). The number of nitrogens with one attached hydrogen (secondary N) is 1. The van der Waals surface area contributed by atoms with Gasteiger partial charge in [-0.3, -0.25) is 0 Å². The SMILES string of the molecule is FC(F)(F)CCCNCc1ncc(Cl)s1. The van der Waals surface area contributed by atoms with Crippen molar-refractivity contribution in [1.29, 1.82) is 0 Å². The maximum atomic E-state index is 11.8. The number of hydrogen-bond donors (Lipinski definition) is 1. The standard InChI is InChI=1S/C8H10ClF3N2S/c9-6-4-14-7(15-6)5-13-3-1-2-8(10,11)12/h4,13H,1-3,5H2. The van der Waals surface area contributed by atoms with E-state index in [4.69, 9.17) is 11.6 Å². The van der Waals surface area contributed by atoms with Gasteiger partial charge in [0.2, 0.25) is 0 Å². The lowest BCUT2D eigenvalue weighted by Crippen LogP contribution is -2.17. The van der Waals surface area contributed by atoms with Gasteiger partial charge in [0.1, 0.15) is 9.34 Å². The van der Waals surface area contributed by atoms with E-state index in [1.54, 1.807) is 0 Å². The Morgan fingerprint density at radius 1 is 1.47 bits per heavy atom. The zero-order valence-electron chi connectivity index (χ0n) is 7.77. The third-order valence-electron chi connectivity index (χ3n) is 1.62. The van der Waals surface area contributed by atoms with Crippen molar-refractivity contribution in [3.05, 3.63) is 15.5 Å². The molecule has 0 aliphatic heterocycles. The minimum absolute atomic E-state index is 0.0859. The van der Waals surface area contributed by atoms with Crippen molar-refractivity contribution in [2.45, 2.75) is 25.6 Å². The Kier molecular flexibility index (Phi) is 4.82. The van der Waals surface area contributed by atoms with E-state index in [0.717, 1.165) is 5.01 Å². The van der Waals surface area contributed by atoms with Crippen LogP contribution >= 0.6 is 22.9 Å². The fourth-order valence-corrected chi connectivity index (χ4v) is 1.90. The predicted molar refractivity (Wildman–Crippen MR) is 54.1 cm³/mol. The van der Waals surface area contributed by atoms with Crippen molar-refractivity contribution in [3.8, 4) is 0 Å². The zero-order valence-corrected chi connectivity index (χ0v) is 9.35. The summed E-state index contributed by atoms with van der Waals surface area (Å²) in [4.78, 5) is 3.96. The Bertz CT molecular complexity index is 300. The van der Waals surface area contributed by atoms with Gasteiger partial charge in [-0.1, -0.05) is 11.6 Å². The molecule has 0 aliphatic carbocycles. The highest BCUT2D eigenvalue weighted by Gasteiger charge is 2.25. The van der Waals surface area contributed by atoms with Crippen LogP contribution in [0.5, 0.6) is 0 Å². The molecule has 1 aromatic rings. The smallest absolute Gasteiger partial charge is 0.310 e. The van der Waals surface area contributed by atoms with Crippen molar-refractivity contribution in [2.24, 2.45) is 0 Å². The van der Waals surface area contributed by atoms with Gasteiger partial charge in [0, 0.05) is 13.0 Å². The highest BCUT2D eigenvalue weighted by atomic mass is 35.5. The Morgan fingerprint density at radius 3 is 2.73 bits per heavy atom. The number of hydrogen-bond acceptors (Lipinski definition) is 3. The molecular formula is C8H10ClF3N2S. The molecular weight excluding hydrogens is 249 g/mol. The molecule has 2 nitrogen and oxygen atoms in total. The molecule has 1 heterocycles. The van der Waals surface area contributed by atoms with Crippen molar-refractivity contribution in [1.82, 2.24) is 10.3 Å². The molecule has 0 atom stereocenters. The molecule has 0 aliphatic rings. The highest BCUT2D eigenvalue weighted by molar-refractivity contribution is 7.15. The van der Waals surface area contributed by atoms with Crippen molar-refractivity contribution >= 4 is 22.9 Å². The van der Waals surface area contributed by atoms with Crippen molar-refractivity contribution in [3.63, 3.8) is 0 Å². The van der Waals surface area contributed by atoms with Gasteiger partial charge in [-0.25, -0.2) is 4.98 Å². The van der Waals surface area contributed by atoms with E-state index in [-0.39, 0.29) is 6.42 Å². The normalized spacial score (nSPS) is 12.0. The van der Waals surface area contributed by atoms with Crippen LogP contribution in [-0.2, 0) is 6.54 Å². The molecule has 0 saturated heterocycles. The van der Waals surface area contributed by atoms with E-state index in [1.165, 1.54) is 17.5 Å². The third kappa shape index (κ3) is 5.96. The molecule has 7 heteroatoms. The fraction of sp³-hybridized carbons (Fsp3) is 0.625. The van der Waals surface area contributed by atoms with E-state index in [0.29, 0.717) is 17.4 Å². The lowest BCUT2D eigenvalue weighted by Gasteiger charge is -2.05. The molecule has 1 aromatic heterocycles. The Morgan fingerprint density at radius 2 is 2.20 bits per heavy atom. The van der Waals surface area contributed by atoms with Gasteiger partial charge in [0.05, 0.1) is 6.20 Å². The summed E-state index contributed by atoms with van der Waals surface area (Å²) in [7, 11) is 0. The number of rotatable bonds is 5. The number of nitrogens with zero attached hydrogens (tertiary/aromatic N) is 1. The van der Waals surface area contributed by atoms with E-state index in [9.17, 15) is 13.2 Å². The molecule has 0 spiro atoms. The van der Waals surface area contributed by atoms with Gasteiger partial charge in [0.25, 0.3) is 0 Å². The number of alkyl halides is 3. The predicted octanol–water partition coefficient (Wildman–Crippen LogP) is 3.23. The quantitative estimate of drug-likeness (QED) is 0.821. The lowest BCUT2D eigenvalue weighted by atomic mass is 10.3. The van der Waals surface area contributed by atoms with Gasteiger partial charge < -0.3 is 5.32 Å². The van der Waals surface area contributed by atoms with Gasteiger partial charge in [0.15, 0.2) is 0 Å². The van der Waals surface area contributed by atoms with Crippen LogP contribution in [0.4, 0.5) is 13.2 Å². The second-order valence-electron chi connectivity index (χ2n) is 2.95. The van der Waals surface area contributed by atoms with Crippen LogP contribution in [0.15, 0.2) is 6.20 Å². The van der Waals surface area contributed by atoms with Crippen LogP contribution in [-0.4, -0.2) is 17.7 Å². The summed E-state index contributed by atoms with van der Waals surface area (Å²) >= 11 is 6.96. The number of thiazole rings is 1. The van der Waals surface area contributed by atoms with Gasteiger partial charge in [-0.2, -0.15) is 13.2 Å². The van der Waals surface area contributed by atoms with Gasteiger partial charge >= 0.3 is 6.18 Å². The topological polar surface area (TPSA) is 24.9 Å². The summed E-state index contributed by atoms with van der Waals surface area (Å²) in [5.41, 5.74) is 0. The monoisotopic (exact) mass is 258 g/mol. The summed E-state index contributed by atoms with van der Waals surface area (Å²) in [5.74, 6) is 0. The van der Waals surface area contributed by atoms with Crippen molar-refractivity contribution < 1.29 is 13.2 Å². The number of halogens is 4. The van der Waals surface area contributed by atoms with Crippen LogP contribution in [0, 0.1) is 0 Å². The van der Waals surface area contributed by atoms with Gasteiger partial charge in [-0.05, 0) is 13.0 Å². The number of aromatic nitrogens is 1. The maximum Gasteiger partial charge on any atom is 0.389 e. The third-order valence-corrected chi connectivity index (χ3v) is 2.73. The molecule has 0 bridgehead atoms. The van der Waals surface area contributed by atoms with E-state index in [1.807, 2.05) is 0 Å². The van der Waals surface area contributed by atoms with Crippen LogP contribution in [0.3, 0.4) is 0 Å². The molecule has 0 aromatic carbocycles. The first-order valence-electron chi connectivity index (χ1n) is 4.35. The molecule has 0 radical (unpaired) electrons. The minimum Gasteiger partial charge on any atom is -0.310 e. The van der Waals surface area contributed by atoms with Crippen LogP contribution in [0.25, 0.3) is 0 Å².